The minimum Gasteiger partial charge on any atom is -0.321 e. The van der Waals surface area contributed by atoms with Crippen molar-refractivity contribution in [1.29, 1.82) is 5.26 Å². The van der Waals surface area contributed by atoms with Crippen molar-refractivity contribution >= 4 is 0 Å². The molecule has 3 aromatic rings. The van der Waals surface area contributed by atoms with Crippen molar-refractivity contribution in [2.75, 3.05) is 0 Å². The summed E-state index contributed by atoms with van der Waals surface area (Å²) in [6.45, 7) is 1.97. The van der Waals surface area contributed by atoms with Gasteiger partial charge in [-0.05, 0) is 24.6 Å². The first kappa shape index (κ1) is 14.7. The fraction of sp³-hybridized carbons (Fsp3) is 0.0526. The summed E-state index contributed by atoms with van der Waals surface area (Å²) in [6, 6.07) is 17.2. The smallest absolute Gasteiger partial charge is 0.266 e. The number of hydrogen-bond acceptors (Lipinski definition) is 2. The van der Waals surface area contributed by atoms with Gasteiger partial charge in [0, 0.05) is 16.8 Å². The van der Waals surface area contributed by atoms with Crippen LogP contribution in [0.1, 0.15) is 11.1 Å². The van der Waals surface area contributed by atoms with Crippen LogP contribution in [0.15, 0.2) is 59.4 Å². The van der Waals surface area contributed by atoms with E-state index in [0.29, 0.717) is 11.3 Å². The predicted molar refractivity (Wildman–Crippen MR) is 87.3 cm³/mol. The molecule has 0 bridgehead atoms. The van der Waals surface area contributed by atoms with Crippen LogP contribution in [-0.4, -0.2) is 4.98 Å². The summed E-state index contributed by atoms with van der Waals surface area (Å²) >= 11 is 0. The van der Waals surface area contributed by atoms with Crippen LogP contribution in [0.3, 0.4) is 0 Å². The van der Waals surface area contributed by atoms with Crippen molar-refractivity contribution in [3.05, 3.63) is 81.9 Å². The first-order valence-corrected chi connectivity index (χ1v) is 7.09. The van der Waals surface area contributed by atoms with Crippen LogP contribution in [0.4, 0.5) is 4.39 Å². The minimum absolute atomic E-state index is 0.0917. The standard InChI is InChI=1S/C19H13FN2O/c1-12-6-8-13(9-7-12)18-10-15(16(11-21)19(23)22-18)14-4-2-3-5-17(14)20/h2-10H,1H3,(H,22,23). The topological polar surface area (TPSA) is 56.6 Å². The highest BCUT2D eigenvalue weighted by Crippen LogP contribution is 2.28. The molecule has 0 radical (unpaired) electrons. The van der Waals surface area contributed by atoms with Gasteiger partial charge in [-0.1, -0.05) is 48.0 Å². The first-order valence-electron chi connectivity index (χ1n) is 7.09. The van der Waals surface area contributed by atoms with E-state index in [1.165, 1.54) is 6.07 Å². The number of aromatic nitrogens is 1. The SMILES string of the molecule is Cc1ccc(-c2cc(-c3ccccc3F)c(C#N)c(=O)[nH]2)cc1. The summed E-state index contributed by atoms with van der Waals surface area (Å²) in [7, 11) is 0. The number of aromatic amines is 1. The second-order valence-electron chi connectivity index (χ2n) is 5.26. The average molecular weight is 304 g/mol. The molecule has 1 aromatic heterocycles. The molecule has 0 aliphatic rings. The lowest BCUT2D eigenvalue weighted by Gasteiger charge is -2.09. The minimum atomic E-state index is -0.524. The lowest BCUT2D eigenvalue weighted by molar-refractivity contribution is 0.631. The van der Waals surface area contributed by atoms with E-state index in [1.54, 1.807) is 24.3 Å². The molecule has 2 aromatic carbocycles. The van der Waals surface area contributed by atoms with Gasteiger partial charge in [0.2, 0.25) is 0 Å². The van der Waals surface area contributed by atoms with Crippen LogP contribution in [0.25, 0.3) is 22.4 Å². The number of nitrogens with zero attached hydrogens (tertiary/aromatic N) is 1. The van der Waals surface area contributed by atoms with E-state index in [0.717, 1.165) is 11.1 Å². The highest BCUT2D eigenvalue weighted by molar-refractivity contribution is 5.75. The zero-order chi connectivity index (χ0) is 16.4. The molecule has 0 saturated carbocycles. The molecule has 0 fully saturated rings. The molecule has 3 rings (SSSR count). The number of hydrogen-bond donors (Lipinski definition) is 1. The van der Waals surface area contributed by atoms with Gasteiger partial charge in [0.15, 0.2) is 0 Å². The van der Waals surface area contributed by atoms with Gasteiger partial charge in [0.1, 0.15) is 17.4 Å². The Kier molecular flexibility index (Phi) is 3.78. The Bertz CT molecular complexity index is 966. The summed E-state index contributed by atoms with van der Waals surface area (Å²) in [5, 5.41) is 9.26. The van der Waals surface area contributed by atoms with Crippen molar-refractivity contribution in [2.24, 2.45) is 0 Å². The van der Waals surface area contributed by atoms with Crippen LogP contribution < -0.4 is 5.56 Å². The van der Waals surface area contributed by atoms with Gasteiger partial charge < -0.3 is 4.98 Å². The Labute approximate surface area is 132 Å². The monoisotopic (exact) mass is 304 g/mol. The Balaban J connectivity index is 2.27. The van der Waals surface area contributed by atoms with Gasteiger partial charge in [-0.15, -0.1) is 0 Å². The summed E-state index contributed by atoms with van der Waals surface area (Å²) in [6.07, 6.45) is 0. The molecule has 0 atom stereocenters. The van der Waals surface area contributed by atoms with Crippen molar-refractivity contribution in [1.82, 2.24) is 4.98 Å². The van der Waals surface area contributed by atoms with E-state index in [1.807, 2.05) is 37.3 Å². The molecule has 0 amide bonds. The van der Waals surface area contributed by atoms with E-state index >= 15 is 0 Å². The molecule has 0 unspecified atom stereocenters. The van der Waals surface area contributed by atoms with Gasteiger partial charge in [-0.25, -0.2) is 4.39 Å². The van der Waals surface area contributed by atoms with Crippen LogP contribution in [-0.2, 0) is 0 Å². The van der Waals surface area contributed by atoms with Gasteiger partial charge >= 0.3 is 0 Å². The normalized spacial score (nSPS) is 10.3. The second-order valence-corrected chi connectivity index (χ2v) is 5.26. The van der Waals surface area contributed by atoms with Crippen LogP contribution in [0.5, 0.6) is 0 Å². The van der Waals surface area contributed by atoms with Gasteiger partial charge in [-0.3, -0.25) is 4.79 Å². The average Bonchev–Trinajstić information content (AvgIpc) is 2.55. The third-order valence-electron chi connectivity index (χ3n) is 3.67. The molecule has 3 nitrogen and oxygen atoms in total. The predicted octanol–water partition coefficient (Wildman–Crippen LogP) is 4.03. The zero-order valence-electron chi connectivity index (χ0n) is 12.4. The summed E-state index contributed by atoms with van der Waals surface area (Å²) in [4.78, 5) is 14.9. The number of nitrogens with one attached hydrogen (secondary N) is 1. The summed E-state index contributed by atoms with van der Waals surface area (Å²) in [5.41, 5.74) is 2.37. The number of aryl methyl sites for hydroxylation is 1. The molecular formula is C19H13FN2O. The molecule has 0 aliphatic carbocycles. The van der Waals surface area contributed by atoms with Crippen molar-refractivity contribution in [2.45, 2.75) is 6.92 Å². The van der Waals surface area contributed by atoms with Crippen LogP contribution in [0, 0.1) is 24.1 Å². The van der Waals surface area contributed by atoms with Crippen molar-refractivity contribution in [3.8, 4) is 28.5 Å². The van der Waals surface area contributed by atoms with Crippen molar-refractivity contribution in [3.63, 3.8) is 0 Å². The zero-order valence-corrected chi connectivity index (χ0v) is 12.4. The Morgan fingerprint density at radius 1 is 1.04 bits per heavy atom. The molecule has 23 heavy (non-hydrogen) atoms. The van der Waals surface area contributed by atoms with Gasteiger partial charge in [0.05, 0.1) is 0 Å². The summed E-state index contributed by atoms with van der Waals surface area (Å²) < 4.78 is 14.1. The molecule has 1 N–H and O–H groups in total. The molecule has 4 heteroatoms. The Morgan fingerprint density at radius 2 is 1.74 bits per heavy atom. The molecular weight excluding hydrogens is 291 g/mol. The largest absolute Gasteiger partial charge is 0.321 e. The maximum Gasteiger partial charge on any atom is 0.266 e. The van der Waals surface area contributed by atoms with Crippen molar-refractivity contribution < 1.29 is 4.39 Å². The number of halogens is 1. The number of nitriles is 1. The lowest BCUT2D eigenvalue weighted by atomic mass is 9.98. The molecule has 0 saturated heterocycles. The van der Waals surface area contributed by atoms with Crippen LogP contribution in [0.2, 0.25) is 0 Å². The fourth-order valence-corrected chi connectivity index (χ4v) is 2.45. The maximum atomic E-state index is 14.1. The maximum absolute atomic E-state index is 14.1. The van der Waals surface area contributed by atoms with E-state index in [-0.39, 0.29) is 11.1 Å². The molecule has 0 aliphatic heterocycles. The van der Waals surface area contributed by atoms with E-state index < -0.39 is 11.4 Å². The number of H-pyrrole nitrogens is 1. The second kappa shape index (κ2) is 5.90. The summed E-state index contributed by atoms with van der Waals surface area (Å²) in [5.74, 6) is -0.468. The Hall–Kier alpha value is -3.19. The highest BCUT2D eigenvalue weighted by Gasteiger charge is 2.15. The number of benzene rings is 2. The number of rotatable bonds is 2. The lowest BCUT2D eigenvalue weighted by Crippen LogP contribution is -2.13. The van der Waals surface area contributed by atoms with Gasteiger partial charge in [-0.2, -0.15) is 5.26 Å². The fourth-order valence-electron chi connectivity index (χ4n) is 2.45. The third-order valence-corrected chi connectivity index (χ3v) is 3.67. The van der Waals surface area contributed by atoms with E-state index in [4.69, 9.17) is 0 Å². The quantitative estimate of drug-likeness (QED) is 0.777. The first-order chi connectivity index (χ1) is 11.1. The highest BCUT2D eigenvalue weighted by atomic mass is 19.1. The van der Waals surface area contributed by atoms with Gasteiger partial charge in [0.25, 0.3) is 5.56 Å². The molecule has 1 heterocycles. The van der Waals surface area contributed by atoms with E-state index in [2.05, 4.69) is 4.98 Å². The Morgan fingerprint density at radius 3 is 2.39 bits per heavy atom. The third kappa shape index (κ3) is 2.77. The van der Waals surface area contributed by atoms with Crippen LogP contribution >= 0.6 is 0 Å². The number of pyridine rings is 1. The molecule has 0 spiro atoms. The van der Waals surface area contributed by atoms with E-state index in [9.17, 15) is 14.4 Å². The molecule has 112 valence electrons.